The lowest BCUT2D eigenvalue weighted by molar-refractivity contribution is -0.129. The maximum absolute atomic E-state index is 11.4. The van der Waals surface area contributed by atoms with Crippen molar-refractivity contribution in [2.24, 2.45) is 5.41 Å². The maximum Gasteiger partial charge on any atom is 0.236 e. The van der Waals surface area contributed by atoms with Gasteiger partial charge in [0.25, 0.3) is 0 Å². The van der Waals surface area contributed by atoms with E-state index in [1.807, 2.05) is 13.8 Å². The number of nitrogens with one attached hydrogen (secondary N) is 1. The average Bonchev–Trinajstić information content (AvgIpc) is 2.95. The summed E-state index contributed by atoms with van der Waals surface area (Å²) in [5.41, 5.74) is -0.545. The van der Waals surface area contributed by atoms with Crippen LogP contribution in [0.2, 0.25) is 0 Å². The molecule has 4 nitrogen and oxygen atoms in total. The van der Waals surface area contributed by atoms with Gasteiger partial charge in [-0.2, -0.15) is 0 Å². The van der Waals surface area contributed by atoms with E-state index in [0.29, 0.717) is 19.4 Å². The van der Waals surface area contributed by atoms with Gasteiger partial charge in [-0.3, -0.25) is 14.9 Å². The second-order valence-electron chi connectivity index (χ2n) is 3.79. The minimum Gasteiger partial charge on any atom is -0.372 e. The first kappa shape index (κ1) is 11.9. The fraction of sp³-hybridized carbons (Fsp3) is 0.636. The van der Waals surface area contributed by atoms with Crippen molar-refractivity contribution in [1.82, 2.24) is 5.32 Å². The van der Waals surface area contributed by atoms with Crippen LogP contribution in [0.1, 0.15) is 26.7 Å². The number of amides is 2. The first-order valence-electron chi connectivity index (χ1n) is 5.13. The molecular weight excluding hydrogens is 194 g/mol. The summed E-state index contributed by atoms with van der Waals surface area (Å²) in [6, 6.07) is 0. The highest BCUT2D eigenvalue weighted by Gasteiger charge is 2.56. The highest BCUT2D eigenvalue weighted by atomic mass is 16.6. The Balaban J connectivity index is 0.000000337. The van der Waals surface area contributed by atoms with Crippen LogP contribution >= 0.6 is 0 Å². The molecule has 2 aliphatic rings. The highest BCUT2D eigenvalue weighted by molar-refractivity contribution is 6.06. The van der Waals surface area contributed by atoms with Crippen LogP contribution in [0.3, 0.4) is 0 Å². The van der Waals surface area contributed by atoms with Gasteiger partial charge in [-0.15, -0.1) is 6.58 Å². The normalized spacial score (nSPS) is 32.8. The van der Waals surface area contributed by atoms with Crippen molar-refractivity contribution in [2.75, 3.05) is 6.61 Å². The van der Waals surface area contributed by atoms with Crippen molar-refractivity contribution in [1.29, 1.82) is 0 Å². The van der Waals surface area contributed by atoms with Gasteiger partial charge in [-0.05, 0) is 13.3 Å². The molecule has 2 fully saturated rings. The van der Waals surface area contributed by atoms with E-state index in [0.717, 1.165) is 0 Å². The van der Waals surface area contributed by atoms with Crippen LogP contribution in [0.25, 0.3) is 0 Å². The zero-order valence-electron chi connectivity index (χ0n) is 9.21. The Kier molecular flexibility index (Phi) is 3.63. The fourth-order valence-corrected chi connectivity index (χ4v) is 1.80. The largest absolute Gasteiger partial charge is 0.372 e. The first-order valence-corrected chi connectivity index (χ1v) is 5.13. The van der Waals surface area contributed by atoms with Crippen LogP contribution in [0.4, 0.5) is 0 Å². The van der Waals surface area contributed by atoms with E-state index in [2.05, 4.69) is 11.9 Å². The number of epoxide rings is 1. The van der Waals surface area contributed by atoms with E-state index in [1.54, 1.807) is 6.08 Å². The van der Waals surface area contributed by atoms with Crippen LogP contribution < -0.4 is 5.32 Å². The topological polar surface area (TPSA) is 58.7 Å². The summed E-state index contributed by atoms with van der Waals surface area (Å²) < 4.78 is 5.09. The van der Waals surface area contributed by atoms with E-state index >= 15 is 0 Å². The molecule has 0 aromatic carbocycles. The van der Waals surface area contributed by atoms with Crippen molar-refractivity contribution in [2.45, 2.75) is 32.8 Å². The Morgan fingerprint density at radius 1 is 1.67 bits per heavy atom. The number of ether oxygens (including phenoxy) is 1. The third-order valence-corrected chi connectivity index (χ3v) is 2.76. The summed E-state index contributed by atoms with van der Waals surface area (Å²) in [5.74, 6) is -0.324. The molecular formula is C11H17NO3. The van der Waals surface area contributed by atoms with Gasteiger partial charge in [-0.25, -0.2) is 0 Å². The molecule has 0 aromatic heterocycles. The lowest BCUT2D eigenvalue weighted by atomic mass is 9.80. The van der Waals surface area contributed by atoms with Crippen molar-refractivity contribution in [3.8, 4) is 0 Å². The van der Waals surface area contributed by atoms with E-state index in [9.17, 15) is 9.59 Å². The van der Waals surface area contributed by atoms with Gasteiger partial charge >= 0.3 is 0 Å². The van der Waals surface area contributed by atoms with E-state index < -0.39 is 5.41 Å². The van der Waals surface area contributed by atoms with Gasteiger partial charge in [0.15, 0.2) is 0 Å². The van der Waals surface area contributed by atoms with Crippen LogP contribution in [0.15, 0.2) is 12.7 Å². The molecule has 2 aliphatic heterocycles. The zero-order chi connectivity index (χ0) is 11.5. The number of hydrogen-bond donors (Lipinski definition) is 1. The van der Waals surface area contributed by atoms with Crippen molar-refractivity contribution >= 4 is 11.8 Å². The summed E-state index contributed by atoms with van der Waals surface area (Å²) in [4.78, 5) is 22.4. The molecule has 15 heavy (non-hydrogen) atoms. The van der Waals surface area contributed by atoms with E-state index in [4.69, 9.17) is 4.74 Å². The minimum atomic E-state index is -0.545. The van der Waals surface area contributed by atoms with Crippen LogP contribution in [-0.4, -0.2) is 24.5 Å². The number of rotatable bonds is 2. The molecule has 2 heterocycles. The van der Waals surface area contributed by atoms with Gasteiger partial charge in [-0.1, -0.05) is 13.0 Å². The molecule has 1 N–H and O–H groups in total. The van der Waals surface area contributed by atoms with E-state index in [-0.39, 0.29) is 17.9 Å². The molecule has 2 saturated heterocycles. The fourth-order valence-electron chi connectivity index (χ4n) is 1.80. The molecule has 2 amide bonds. The van der Waals surface area contributed by atoms with Crippen molar-refractivity contribution < 1.29 is 14.3 Å². The number of imide groups is 1. The molecule has 0 aliphatic carbocycles. The lowest BCUT2D eigenvalue weighted by Gasteiger charge is -2.19. The molecule has 0 spiro atoms. The summed E-state index contributed by atoms with van der Waals surface area (Å²) in [5, 5.41) is 2.32. The van der Waals surface area contributed by atoms with E-state index in [1.165, 1.54) is 0 Å². The summed E-state index contributed by atoms with van der Waals surface area (Å²) >= 11 is 0. The quantitative estimate of drug-likeness (QED) is 0.421. The average molecular weight is 211 g/mol. The lowest BCUT2D eigenvalue weighted by Crippen LogP contribution is -2.35. The van der Waals surface area contributed by atoms with Gasteiger partial charge in [0, 0.05) is 6.42 Å². The first-order chi connectivity index (χ1) is 7.10. The van der Waals surface area contributed by atoms with Crippen LogP contribution in [0, 0.1) is 5.41 Å². The number of carbonyl (C=O) groups is 2. The Morgan fingerprint density at radius 2 is 2.20 bits per heavy atom. The van der Waals surface area contributed by atoms with Crippen molar-refractivity contribution in [3.05, 3.63) is 12.7 Å². The standard InChI is InChI=1S/C8H11NO3.C3H6/c1-2-8(5-4-12-5)3-6(10)9-7(8)11;1-3-2/h5H,2-4H2,1H3,(H,9,10,11);3H,1H2,2H3. The second-order valence-corrected chi connectivity index (χ2v) is 3.79. The third kappa shape index (κ3) is 2.26. The summed E-state index contributed by atoms with van der Waals surface area (Å²) in [6.07, 6.45) is 2.70. The Labute approximate surface area is 89.7 Å². The molecule has 2 rings (SSSR count). The van der Waals surface area contributed by atoms with Crippen LogP contribution in [-0.2, 0) is 14.3 Å². The Hall–Kier alpha value is -1.16. The highest BCUT2D eigenvalue weighted by Crippen LogP contribution is 2.42. The molecule has 2 atom stereocenters. The maximum atomic E-state index is 11.4. The van der Waals surface area contributed by atoms with Gasteiger partial charge in [0.1, 0.15) is 0 Å². The number of allylic oxidation sites excluding steroid dienone is 1. The summed E-state index contributed by atoms with van der Waals surface area (Å²) in [6.45, 7) is 7.79. The Bertz CT molecular complexity index is 284. The van der Waals surface area contributed by atoms with Crippen molar-refractivity contribution in [3.63, 3.8) is 0 Å². The number of carbonyl (C=O) groups excluding carboxylic acids is 2. The van der Waals surface area contributed by atoms with Crippen LogP contribution in [0.5, 0.6) is 0 Å². The third-order valence-electron chi connectivity index (χ3n) is 2.76. The summed E-state index contributed by atoms with van der Waals surface area (Å²) in [7, 11) is 0. The predicted octanol–water partition coefficient (Wildman–Crippen LogP) is 1.02. The molecule has 0 bridgehead atoms. The molecule has 84 valence electrons. The smallest absolute Gasteiger partial charge is 0.236 e. The molecule has 2 unspecified atom stereocenters. The molecule has 0 aromatic rings. The van der Waals surface area contributed by atoms with Gasteiger partial charge < -0.3 is 4.74 Å². The Morgan fingerprint density at radius 3 is 2.47 bits per heavy atom. The van der Waals surface area contributed by atoms with Gasteiger partial charge in [0.2, 0.25) is 11.8 Å². The second kappa shape index (κ2) is 4.57. The monoisotopic (exact) mass is 211 g/mol. The SMILES string of the molecule is C=CC.CCC1(C2CO2)CC(=O)NC1=O. The van der Waals surface area contributed by atoms with Gasteiger partial charge in [0.05, 0.1) is 18.1 Å². The number of hydrogen-bond acceptors (Lipinski definition) is 3. The molecule has 0 radical (unpaired) electrons. The molecule has 4 heteroatoms. The molecule has 0 saturated carbocycles. The zero-order valence-corrected chi connectivity index (χ0v) is 9.21. The minimum absolute atomic E-state index is 0.0195. The predicted molar refractivity (Wildman–Crippen MR) is 56.1 cm³/mol.